The Hall–Kier alpha value is -4.09. The molecule has 0 fully saturated rings. The molecule has 1 N–H and O–H groups in total. The summed E-state index contributed by atoms with van der Waals surface area (Å²) in [6, 6.07) is 36.5. The normalized spacial score (nSPS) is 9.38. The molecule has 0 heterocycles. The van der Waals surface area contributed by atoms with Crippen molar-refractivity contribution in [2.75, 3.05) is 0 Å². The lowest BCUT2D eigenvalue weighted by molar-refractivity contribution is 0.0697. The number of rotatable bonds is 2. The largest absolute Gasteiger partial charge is 0.478 e. The molecule has 0 aliphatic rings. The topological polar surface area (TPSA) is 37.3 Å². The fraction of sp³-hybridized carbons (Fsp3) is 0. The van der Waals surface area contributed by atoms with Crippen molar-refractivity contribution in [3.05, 3.63) is 132 Å². The predicted octanol–water partition coefficient (Wildman–Crippen LogP) is 6.14. The summed E-state index contributed by atoms with van der Waals surface area (Å²) in [5.74, 6) is 5.33. The van der Waals surface area contributed by atoms with E-state index in [1.165, 1.54) is 0 Å². The summed E-state index contributed by atoms with van der Waals surface area (Å²) in [6.07, 6.45) is 0. The molecule has 0 spiro atoms. The SMILES string of the molecule is C(#Cc1ccccc1)c1ccccc1.O=C(O)c1ccccc1-c1ccccc1. The zero-order chi connectivity index (χ0) is 20.3. The van der Waals surface area contributed by atoms with Crippen LogP contribution in [0.1, 0.15) is 21.5 Å². The van der Waals surface area contributed by atoms with E-state index >= 15 is 0 Å². The van der Waals surface area contributed by atoms with Crippen LogP contribution in [-0.2, 0) is 0 Å². The first kappa shape index (κ1) is 19.7. The van der Waals surface area contributed by atoms with Crippen LogP contribution in [0.15, 0.2) is 115 Å². The van der Waals surface area contributed by atoms with E-state index in [-0.39, 0.29) is 0 Å². The van der Waals surface area contributed by atoms with Crippen molar-refractivity contribution >= 4 is 5.97 Å². The van der Waals surface area contributed by atoms with Crippen molar-refractivity contribution in [3.8, 4) is 23.0 Å². The predicted molar refractivity (Wildman–Crippen MR) is 118 cm³/mol. The van der Waals surface area contributed by atoms with Crippen molar-refractivity contribution in [3.63, 3.8) is 0 Å². The van der Waals surface area contributed by atoms with E-state index in [4.69, 9.17) is 5.11 Å². The van der Waals surface area contributed by atoms with Crippen LogP contribution < -0.4 is 0 Å². The highest BCUT2D eigenvalue weighted by atomic mass is 16.4. The Kier molecular flexibility index (Phi) is 6.98. The molecule has 0 unspecified atom stereocenters. The van der Waals surface area contributed by atoms with Crippen LogP contribution in [0, 0.1) is 11.8 Å². The summed E-state index contributed by atoms with van der Waals surface area (Å²) in [5, 5.41) is 9.03. The fourth-order valence-corrected chi connectivity index (χ4v) is 2.73. The Bertz CT molecular complexity index is 1060. The molecular formula is C27H20O2. The molecule has 0 aliphatic heterocycles. The maximum absolute atomic E-state index is 11.0. The number of hydrogen-bond donors (Lipinski definition) is 1. The third-order valence-corrected chi connectivity index (χ3v) is 4.14. The minimum Gasteiger partial charge on any atom is -0.478 e. The van der Waals surface area contributed by atoms with E-state index in [9.17, 15) is 4.79 Å². The van der Waals surface area contributed by atoms with E-state index < -0.39 is 5.97 Å². The molecule has 0 aromatic heterocycles. The monoisotopic (exact) mass is 376 g/mol. The maximum Gasteiger partial charge on any atom is 0.336 e. The Morgan fingerprint density at radius 3 is 1.45 bits per heavy atom. The van der Waals surface area contributed by atoms with Crippen LogP contribution in [0.4, 0.5) is 0 Å². The third kappa shape index (κ3) is 5.95. The Labute approximate surface area is 171 Å². The highest BCUT2D eigenvalue weighted by Crippen LogP contribution is 2.23. The molecule has 29 heavy (non-hydrogen) atoms. The summed E-state index contributed by atoms with van der Waals surface area (Å²) in [4.78, 5) is 11.0. The Balaban J connectivity index is 0.000000166. The first-order valence-corrected chi connectivity index (χ1v) is 9.24. The second kappa shape index (κ2) is 10.3. The minimum absolute atomic E-state index is 0.337. The van der Waals surface area contributed by atoms with Gasteiger partial charge in [-0.15, -0.1) is 0 Å². The van der Waals surface area contributed by atoms with Gasteiger partial charge < -0.3 is 5.11 Å². The molecule has 0 atom stereocenters. The van der Waals surface area contributed by atoms with Crippen molar-refractivity contribution in [1.82, 2.24) is 0 Å². The van der Waals surface area contributed by atoms with Crippen LogP contribution in [0.2, 0.25) is 0 Å². The van der Waals surface area contributed by atoms with Crippen molar-refractivity contribution in [1.29, 1.82) is 0 Å². The standard InChI is InChI=1S/C14H10.C13H10O2/c1-3-7-13(8-4-1)11-12-14-9-5-2-6-10-14;14-13(15)12-9-5-4-8-11(12)10-6-2-1-3-7-10/h1-10H;1-9H,(H,14,15). The van der Waals surface area contributed by atoms with Gasteiger partial charge in [0.15, 0.2) is 0 Å². The van der Waals surface area contributed by atoms with Crippen LogP contribution in [-0.4, -0.2) is 11.1 Å². The quantitative estimate of drug-likeness (QED) is 0.427. The number of aromatic carboxylic acids is 1. The number of carboxylic acids is 1. The molecule has 0 saturated carbocycles. The number of hydrogen-bond acceptors (Lipinski definition) is 1. The highest BCUT2D eigenvalue weighted by Gasteiger charge is 2.09. The van der Waals surface area contributed by atoms with E-state index in [0.29, 0.717) is 5.56 Å². The van der Waals surface area contributed by atoms with E-state index in [1.54, 1.807) is 12.1 Å². The first-order valence-electron chi connectivity index (χ1n) is 9.24. The molecule has 0 bridgehead atoms. The lowest BCUT2D eigenvalue weighted by Gasteiger charge is -2.05. The molecule has 4 aromatic rings. The van der Waals surface area contributed by atoms with Gasteiger partial charge in [0.25, 0.3) is 0 Å². The fourth-order valence-electron chi connectivity index (χ4n) is 2.73. The second-order valence-corrected chi connectivity index (χ2v) is 6.20. The van der Waals surface area contributed by atoms with Gasteiger partial charge in [-0.25, -0.2) is 4.79 Å². The van der Waals surface area contributed by atoms with Crippen LogP contribution in [0.25, 0.3) is 11.1 Å². The molecule has 2 heteroatoms. The van der Waals surface area contributed by atoms with Gasteiger partial charge in [0.05, 0.1) is 5.56 Å². The van der Waals surface area contributed by atoms with Crippen molar-refractivity contribution in [2.24, 2.45) is 0 Å². The van der Waals surface area contributed by atoms with E-state index in [2.05, 4.69) is 11.8 Å². The van der Waals surface area contributed by atoms with Gasteiger partial charge >= 0.3 is 5.97 Å². The Morgan fingerprint density at radius 1 is 0.552 bits per heavy atom. The van der Waals surface area contributed by atoms with E-state index in [0.717, 1.165) is 22.3 Å². The molecule has 0 saturated heterocycles. The third-order valence-electron chi connectivity index (χ3n) is 4.14. The van der Waals surface area contributed by atoms with Gasteiger partial charge in [0.2, 0.25) is 0 Å². The second-order valence-electron chi connectivity index (χ2n) is 6.20. The highest BCUT2D eigenvalue weighted by molar-refractivity contribution is 5.95. The smallest absolute Gasteiger partial charge is 0.336 e. The molecule has 140 valence electrons. The maximum atomic E-state index is 11.0. The van der Waals surface area contributed by atoms with Crippen LogP contribution in [0.3, 0.4) is 0 Å². The molecule has 0 amide bonds. The summed E-state index contributed by atoms with van der Waals surface area (Å²) in [5.41, 5.74) is 4.12. The summed E-state index contributed by atoms with van der Waals surface area (Å²) >= 11 is 0. The first-order chi connectivity index (χ1) is 14.2. The van der Waals surface area contributed by atoms with Crippen molar-refractivity contribution in [2.45, 2.75) is 0 Å². The number of carbonyl (C=O) groups is 1. The van der Waals surface area contributed by atoms with Gasteiger partial charge in [-0.2, -0.15) is 0 Å². The number of benzene rings is 4. The van der Waals surface area contributed by atoms with E-state index in [1.807, 2.05) is 103 Å². The average Bonchev–Trinajstić information content (AvgIpc) is 2.80. The van der Waals surface area contributed by atoms with Gasteiger partial charge in [-0.3, -0.25) is 0 Å². The summed E-state index contributed by atoms with van der Waals surface area (Å²) in [6.45, 7) is 0. The lowest BCUT2D eigenvalue weighted by Crippen LogP contribution is -1.98. The average molecular weight is 376 g/mol. The van der Waals surface area contributed by atoms with Gasteiger partial charge in [-0.1, -0.05) is 96.8 Å². The summed E-state index contributed by atoms with van der Waals surface area (Å²) in [7, 11) is 0. The van der Waals surface area contributed by atoms with Gasteiger partial charge in [0.1, 0.15) is 0 Å². The number of carboxylic acid groups (broad SMARTS) is 1. The van der Waals surface area contributed by atoms with Gasteiger partial charge in [-0.05, 0) is 41.5 Å². The molecule has 0 aliphatic carbocycles. The molecular weight excluding hydrogens is 356 g/mol. The summed E-state index contributed by atoms with van der Waals surface area (Å²) < 4.78 is 0. The Morgan fingerprint density at radius 2 is 0.966 bits per heavy atom. The minimum atomic E-state index is -0.894. The van der Waals surface area contributed by atoms with Crippen molar-refractivity contribution < 1.29 is 9.90 Å². The molecule has 4 aromatic carbocycles. The van der Waals surface area contributed by atoms with Crippen LogP contribution >= 0.6 is 0 Å². The molecule has 4 rings (SSSR count). The zero-order valence-corrected chi connectivity index (χ0v) is 15.8. The van der Waals surface area contributed by atoms with Crippen LogP contribution in [0.5, 0.6) is 0 Å². The zero-order valence-electron chi connectivity index (χ0n) is 15.8. The molecule has 2 nitrogen and oxygen atoms in total. The molecule has 0 radical (unpaired) electrons. The van der Waals surface area contributed by atoms with Gasteiger partial charge in [0, 0.05) is 11.1 Å². The lowest BCUT2D eigenvalue weighted by atomic mass is 10.00.